The molecule has 70 valence electrons. The van der Waals surface area contributed by atoms with E-state index in [1.165, 1.54) is 0 Å². The zero-order valence-electron chi connectivity index (χ0n) is 7.54. The lowest BCUT2D eigenvalue weighted by Crippen LogP contribution is -2.42. The molecule has 1 heterocycles. The number of thiophene rings is 1. The Hall–Kier alpha value is -0.830. The Labute approximate surface area is 81.2 Å². The number of rotatable bonds is 2. The maximum atomic E-state index is 11.2. The SMILES string of the molecule is Cc1ccsc1C1(C(=O)O)CCC1. The average molecular weight is 196 g/mol. The Morgan fingerprint density at radius 2 is 2.31 bits per heavy atom. The molecule has 0 radical (unpaired) electrons. The smallest absolute Gasteiger partial charge is 0.314 e. The van der Waals surface area contributed by atoms with E-state index in [4.69, 9.17) is 0 Å². The van der Waals surface area contributed by atoms with Crippen LogP contribution < -0.4 is 0 Å². The summed E-state index contributed by atoms with van der Waals surface area (Å²) in [6.45, 7) is 1.99. The lowest BCUT2D eigenvalue weighted by atomic mass is 9.67. The molecule has 1 aliphatic rings. The number of hydrogen-bond acceptors (Lipinski definition) is 2. The number of aryl methyl sites for hydroxylation is 1. The van der Waals surface area contributed by atoms with Gasteiger partial charge in [-0.15, -0.1) is 11.3 Å². The van der Waals surface area contributed by atoms with Crippen LogP contribution in [0.2, 0.25) is 0 Å². The standard InChI is InChI=1S/C10H12O2S/c1-7-3-6-13-8(7)10(9(11)12)4-2-5-10/h3,6H,2,4-5H2,1H3,(H,11,12). The molecule has 0 unspecified atom stereocenters. The van der Waals surface area contributed by atoms with Crippen LogP contribution in [0.5, 0.6) is 0 Å². The Balaban J connectivity index is 2.43. The van der Waals surface area contributed by atoms with E-state index in [2.05, 4.69) is 0 Å². The normalized spacial score (nSPS) is 19.5. The van der Waals surface area contributed by atoms with Crippen molar-refractivity contribution in [2.45, 2.75) is 31.6 Å². The fourth-order valence-corrected chi connectivity index (χ4v) is 3.11. The highest BCUT2D eigenvalue weighted by Gasteiger charge is 2.47. The molecule has 1 saturated carbocycles. The van der Waals surface area contributed by atoms with Gasteiger partial charge >= 0.3 is 5.97 Å². The number of carbonyl (C=O) groups is 1. The maximum Gasteiger partial charge on any atom is 0.314 e. The second-order valence-electron chi connectivity index (χ2n) is 3.67. The third-order valence-electron chi connectivity index (χ3n) is 2.91. The van der Waals surface area contributed by atoms with Crippen molar-refractivity contribution < 1.29 is 9.90 Å². The van der Waals surface area contributed by atoms with Gasteiger partial charge in [0.1, 0.15) is 5.41 Å². The van der Waals surface area contributed by atoms with Crippen molar-refractivity contribution in [2.75, 3.05) is 0 Å². The summed E-state index contributed by atoms with van der Waals surface area (Å²) in [5.41, 5.74) is 0.602. The zero-order chi connectivity index (χ0) is 9.47. The van der Waals surface area contributed by atoms with Gasteiger partial charge in [-0.25, -0.2) is 0 Å². The van der Waals surface area contributed by atoms with Gasteiger partial charge in [-0.3, -0.25) is 4.79 Å². The summed E-state index contributed by atoms with van der Waals surface area (Å²) >= 11 is 1.58. The molecule has 1 N–H and O–H groups in total. The molecule has 1 fully saturated rings. The molecule has 1 aromatic heterocycles. The minimum atomic E-state index is -0.649. The first kappa shape index (κ1) is 8.75. The summed E-state index contributed by atoms with van der Waals surface area (Å²) in [5.74, 6) is -0.649. The zero-order valence-corrected chi connectivity index (χ0v) is 8.36. The second kappa shape index (κ2) is 2.84. The van der Waals surface area contributed by atoms with Crippen molar-refractivity contribution in [3.8, 4) is 0 Å². The summed E-state index contributed by atoms with van der Waals surface area (Å²) in [5, 5.41) is 11.2. The van der Waals surface area contributed by atoms with Crippen LogP contribution in [0, 0.1) is 6.92 Å². The lowest BCUT2D eigenvalue weighted by Gasteiger charge is -2.37. The van der Waals surface area contributed by atoms with E-state index in [1.807, 2.05) is 18.4 Å². The van der Waals surface area contributed by atoms with Crippen LogP contribution in [0.15, 0.2) is 11.4 Å². The van der Waals surface area contributed by atoms with Crippen molar-refractivity contribution in [2.24, 2.45) is 0 Å². The van der Waals surface area contributed by atoms with Crippen LogP contribution in [0.1, 0.15) is 29.7 Å². The van der Waals surface area contributed by atoms with Gasteiger partial charge < -0.3 is 5.11 Å². The first-order valence-corrected chi connectivity index (χ1v) is 5.33. The predicted octanol–water partition coefficient (Wildman–Crippen LogP) is 2.56. The largest absolute Gasteiger partial charge is 0.481 e. The molecule has 0 aromatic carbocycles. The van der Waals surface area contributed by atoms with Crippen molar-refractivity contribution in [1.29, 1.82) is 0 Å². The molecule has 13 heavy (non-hydrogen) atoms. The minimum Gasteiger partial charge on any atom is -0.481 e. The van der Waals surface area contributed by atoms with Gasteiger partial charge in [-0.2, -0.15) is 0 Å². The Morgan fingerprint density at radius 1 is 1.62 bits per heavy atom. The molecule has 0 spiro atoms. The van der Waals surface area contributed by atoms with E-state index in [9.17, 15) is 9.90 Å². The van der Waals surface area contributed by atoms with Crippen LogP contribution in [0.25, 0.3) is 0 Å². The molecule has 1 aromatic rings. The van der Waals surface area contributed by atoms with Gasteiger partial charge in [0, 0.05) is 4.88 Å². The molecule has 0 saturated heterocycles. The van der Waals surface area contributed by atoms with Crippen molar-refractivity contribution >= 4 is 17.3 Å². The van der Waals surface area contributed by atoms with Gasteiger partial charge in [0.25, 0.3) is 0 Å². The topological polar surface area (TPSA) is 37.3 Å². The fourth-order valence-electron chi connectivity index (χ4n) is 1.93. The van der Waals surface area contributed by atoms with Crippen LogP contribution in [-0.2, 0) is 10.2 Å². The number of hydrogen-bond donors (Lipinski definition) is 1. The fraction of sp³-hybridized carbons (Fsp3) is 0.500. The van der Waals surface area contributed by atoms with E-state index >= 15 is 0 Å². The van der Waals surface area contributed by atoms with Gasteiger partial charge in [-0.1, -0.05) is 6.42 Å². The molecule has 0 bridgehead atoms. The number of aliphatic carboxylic acids is 1. The quantitative estimate of drug-likeness (QED) is 0.789. The first-order chi connectivity index (χ1) is 6.17. The summed E-state index contributed by atoms with van der Waals surface area (Å²) in [7, 11) is 0. The van der Waals surface area contributed by atoms with Crippen LogP contribution in [0.3, 0.4) is 0 Å². The Kier molecular flexibility index (Phi) is 1.91. The van der Waals surface area contributed by atoms with Gasteiger partial charge in [-0.05, 0) is 36.8 Å². The molecule has 2 rings (SSSR count). The van der Waals surface area contributed by atoms with E-state index in [0.29, 0.717) is 0 Å². The van der Waals surface area contributed by atoms with Crippen molar-refractivity contribution in [3.63, 3.8) is 0 Å². The van der Waals surface area contributed by atoms with Crippen LogP contribution in [0.4, 0.5) is 0 Å². The molecule has 3 heteroatoms. The average Bonchev–Trinajstić information content (AvgIpc) is 2.34. The number of carboxylic acid groups (broad SMARTS) is 1. The number of carboxylic acids is 1. The molecular weight excluding hydrogens is 184 g/mol. The maximum absolute atomic E-state index is 11.2. The molecule has 0 amide bonds. The Bertz CT molecular complexity index is 336. The highest BCUT2D eigenvalue weighted by Crippen LogP contribution is 2.47. The van der Waals surface area contributed by atoms with Crippen molar-refractivity contribution in [3.05, 3.63) is 21.9 Å². The summed E-state index contributed by atoms with van der Waals surface area (Å²) < 4.78 is 0. The highest BCUT2D eigenvalue weighted by atomic mass is 32.1. The second-order valence-corrected chi connectivity index (χ2v) is 4.59. The molecule has 0 aliphatic heterocycles. The molecule has 2 nitrogen and oxygen atoms in total. The van der Waals surface area contributed by atoms with E-state index in [0.717, 1.165) is 29.7 Å². The predicted molar refractivity (Wildman–Crippen MR) is 52.2 cm³/mol. The van der Waals surface area contributed by atoms with Gasteiger partial charge in [0.05, 0.1) is 0 Å². The highest BCUT2D eigenvalue weighted by molar-refractivity contribution is 7.10. The van der Waals surface area contributed by atoms with Crippen LogP contribution in [-0.4, -0.2) is 11.1 Å². The molecule has 1 aliphatic carbocycles. The van der Waals surface area contributed by atoms with Gasteiger partial charge in [0.2, 0.25) is 0 Å². The summed E-state index contributed by atoms with van der Waals surface area (Å²) in [6, 6.07) is 2.00. The molecule has 0 atom stereocenters. The van der Waals surface area contributed by atoms with E-state index in [1.54, 1.807) is 11.3 Å². The van der Waals surface area contributed by atoms with Crippen LogP contribution >= 0.6 is 11.3 Å². The monoisotopic (exact) mass is 196 g/mol. The third kappa shape index (κ3) is 1.10. The van der Waals surface area contributed by atoms with Gasteiger partial charge in [0.15, 0.2) is 0 Å². The summed E-state index contributed by atoms with van der Waals surface area (Å²) in [6.07, 6.45) is 2.66. The Morgan fingerprint density at radius 3 is 2.62 bits per heavy atom. The third-order valence-corrected chi connectivity index (χ3v) is 4.13. The minimum absolute atomic E-state index is 0.530. The first-order valence-electron chi connectivity index (χ1n) is 4.45. The van der Waals surface area contributed by atoms with E-state index in [-0.39, 0.29) is 0 Å². The summed E-state index contributed by atoms with van der Waals surface area (Å²) in [4.78, 5) is 12.2. The van der Waals surface area contributed by atoms with E-state index < -0.39 is 11.4 Å². The molecular formula is C10H12O2S. The lowest BCUT2D eigenvalue weighted by molar-refractivity contribution is -0.147. The van der Waals surface area contributed by atoms with Crippen molar-refractivity contribution in [1.82, 2.24) is 0 Å².